The van der Waals surface area contributed by atoms with Crippen molar-refractivity contribution in [1.82, 2.24) is 0 Å². The van der Waals surface area contributed by atoms with Crippen LogP contribution in [-0.2, 0) is 0 Å². The maximum Gasteiger partial charge on any atom is 0.169 e. The fourth-order valence-electron chi connectivity index (χ4n) is 2.26. The number of anilines is 1. The molecule has 0 radical (unpaired) electrons. The van der Waals surface area contributed by atoms with E-state index in [4.69, 9.17) is 11.6 Å². The largest absolute Gasteiger partial charge is 0.371 e. The molecule has 1 aromatic rings. The van der Waals surface area contributed by atoms with Crippen molar-refractivity contribution in [3.05, 3.63) is 28.8 Å². The summed E-state index contributed by atoms with van der Waals surface area (Å²) in [5, 5.41) is 0.569. The van der Waals surface area contributed by atoms with Gasteiger partial charge in [0.05, 0.1) is 5.02 Å². The number of Topliss-reactive ketones (excluding diaryl/α,β-unsaturated/α-hetero) is 1. The van der Waals surface area contributed by atoms with Gasteiger partial charge in [-0.1, -0.05) is 32.4 Å². The molecule has 0 aromatic heterocycles. The van der Waals surface area contributed by atoms with E-state index in [-0.39, 0.29) is 5.78 Å². The highest BCUT2D eigenvalue weighted by atomic mass is 35.5. The van der Waals surface area contributed by atoms with Crippen molar-refractivity contribution in [3.8, 4) is 0 Å². The van der Waals surface area contributed by atoms with E-state index >= 15 is 0 Å². The quantitative estimate of drug-likeness (QED) is 0.748. The van der Waals surface area contributed by atoms with Crippen LogP contribution in [0, 0.1) is 5.41 Å². The van der Waals surface area contributed by atoms with E-state index in [1.807, 2.05) is 39.0 Å². The van der Waals surface area contributed by atoms with E-state index in [0.29, 0.717) is 10.6 Å². The highest BCUT2D eigenvalue weighted by Gasteiger charge is 2.25. The first-order valence-corrected chi connectivity index (χ1v) is 6.87. The second-order valence-corrected chi connectivity index (χ2v) is 6.34. The SMILES string of the molecule is CC(C)(C)C(=O)c1ccc(N2CCCC2)cc1Cl. The van der Waals surface area contributed by atoms with Gasteiger partial charge in [-0.25, -0.2) is 0 Å². The molecule has 0 aliphatic carbocycles. The second kappa shape index (κ2) is 4.93. The summed E-state index contributed by atoms with van der Waals surface area (Å²) in [7, 11) is 0. The summed E-state index contributed by atoms with van der Waals surface area (Å²) in [6.07, 6.45) is 2.47. The zero-order valence-corrected chi connectivity index (χ0v) is 12.0. The third-order valence-corrected chi connectivity index (χ3v) is 3.66. The number of ketones is 1. The van der Waals surface area contributed by atoms with Crippen molar-refractivity contribution in [2.24, 2.45) is 5.41 Å². The average Bonchev–Trinajstić information content (AvgIpc) is 2.80. The first kappa shape index (κ1) is 13.4. The van der Waals surface area contributed by atoms with E-state index in [1.54, 1.807) is 0 Å². The zero-order valence-electron chi connectivity index (χ0n) is 11.3. The molecule has 2 rings (SSSR count). The molecule has 0 N–H and O–H groups in total. The number of halogens is 1. The highest BCUT2D eigenvalue weighted by molar-refractivity contribution is 6.34. The number of nitrogens with zero attached hydrogens (tertiary/aromatic N) is 1. The lowest BCUT2D eigenvalue weighted by Gasteiger charge is -2.21. The first-order chi connectivity index (χ1) is 8.39. The predicted molar refractivity (Wildman–Crippen MR) is 76.7 cm³/mol. The molecule has 1 aliphatic heterocycles. The van der Waals surface area contributed by atoms with Gasteiger partial charge in [-0.3, -0.25) is 4.79 Å². The van der Waals surface area contributed by atoms with Crippen molar-refractivity contribution < 1.29 is 4.79 Å². The van der Waals surface area contributed by atoms with Gasteiger partial charge in [0.1, 0.15) is 0 Å². The number of hydrogen-bond donors (Lipinski definition) is 0. The molecule has 18 heavy (non-hydrogen) atoms. The molecule has 0 unspecified atom stereocenters. The van der Waals surface area contributed by atoms with E-state index in [1.165, 1.54) is 12.8 Å². The Labute approximate surface area is 114 Å². The van der Waals surface area contributed by atoms with Crippen LogP contribution in [0.25, 0.3) is 0 Å². The molecule has 1 heterocycles. The van der Waals surface area contributed by atoms with Crippen LogP contribution in [0.4, 0.5) is 5.69 Å². The van der Waals surface area contributed by atoms with Crippen LogP contribution in [0.3, 0.4) is 0 Å². The zero-order chi connectivity index (χ0) is 13.3. The number of carbonyl (C=O) groups excluding carboxylic acids is 1. The van der Waals surface area contributed by atoms with E-state index in [9.17, 15) is 4.79 Å². The number of benzene rings is 1. The Morgan fingerprint density at radius 2 is 1.83 bits per heavy atom. The summed E-state index contributed by atoms with van der Waals surface area (Å²) in [5.74, 6) is 0.0977. The van der Waals surface area contributed by atoms with Crippen LogP contribution in [0.5, 0.6) is 0 Å². The maximum atomic E-state index is 12.2. The lowest BCUT2D eigenvalue weighted by Crippen LogP contribution is -2.21. The molecule has 3 heteroatoms. The Hall–Kier alpha value is -1.02. The van der Waals surface area contributed by atoms with Gasteiger partial charge in [-0.15, -0.1) is 0 Å². The van der Waals surface area contributed by atoms with E-state index < -0.39 is 5.41 Å². The lowest BCUT2D eigenvalue weighted by molar-refractivity contribution is 0.0858. The van der Waals surface area contributed by atoms with Crippen LogP contribution in [0.15, 0.2) is 18.2 Å². The minimum absolute atomic E-state index is 0.0977. The molecule has 2 nitrogen and oxygen atoms in total. The Morgan fingerprint density at radius 3 is 2.33 bits per heavy atom. The molecule has 98 valence electrons. The molecular formula is C15H20ClNO. The Balaban J connectivity index is 2.27. The van der Waals surface area contributed by atoms with Crippen LogP contribution < -0.4 is 4.90 Å². The molecule has 1 fully saturated rings. The number of carbonyl (C=O) groups is 1. The summed E-state index contributed by atoms with van der Waals surface area (Å²) in [6, 6.07) is 5.80. The predicted octanol–water partition coefficient (Wildman–Crippen LogP) is 4.17. The normalized spacial score (nSPS) is 16.1. The maximum absolute atomic E-state index is 12.2. The monoisotopic (exact) mass is 265 g/mol. The molecular weight excluding hydrogens is 246 g/mol. The van der Waals surface area contributed by atoms with Gasteiger partial charge in [0, 0.05) is 29.8 Å². The van der Waals surface area contributed by atoms with Crippen LogP contribution in [0.1, 0.15) is 44.0 Å². The summed E-state index contributed by atoms with van der Waals surface area (Å²) < 4.78 is 0. The van der Waals surface area contributed by atoms with Gasteiger partial charge in [-0.05, 0) is 31.0 Å². The molecule has 0 amide bonds. The molecule has 0 atom stereocenters. The van der Waals surface area contributed by atoms with Gasteiger partial charge in [0.15, 0.2) is 5.78 Å². The minimum atomic E-state index is -0.390. The summed E-state index contributed by atoms with van der Waals surface area (Å²) in [6.45, 7) is 7.92. The minimum Gasteiger partial charge on any atom is -0.371 e. The Bertz CT molecular complexity index is 456. The second-order valence-electron chi connectivity index (χ2n) is 5.94. The van der Waals surface area contributed by atoms with Gasteiger partial charge in [0.25, 0.3) is 0 Å². The van der Waals surface area contributed by atoms with Gasteiger partial charge in [-0.2, -0.15) is 0 Å². The van der Waals surface area contributed by atoms with Crippen molar-refractivity contribution in [2.45, 2.75) is 33.6 Å². The molecule has 1 aromatic carbocycles. The van der Waals surface area contributed by atoms with Crippen LogP contribution >= 0.6 is 11.6 Å². The van der Waals surface area contributed by atoms with E-state index in [2.05, 4.69) is 4.90 Å². The average molecular weight is 266 g/mol. The summed E-state index contributed by atoms with van der Waals surface area (Å²) >= 11 is 6.26. The van der Waals surface area contributed by atoms with Crippen molar-refractivity contribution >= 4 is 23.1 Å². The highest BCUT2D eigenvalue weighted by Crippen LogP contribution is 2.30. The molecule has 0 bridgehead atoms. The van der Waals surface area contributed by atoms with Crippen LogP contribution in [0.2, 0.25) is 5.02 Å². The van der Waals surface area contributed by atoms with Gasteiger partial charge >= 0.3 is 0 Å². The third-order valence-electron chi connectivity index (χ3n) is 3.35. The number of rotatable bonds is 2. The van der Waals surface area contributed by atoms with E-state index in [0.717, 1.165) is 18.8 Å². The van der Waals surface area contributed by atoms with Crippen LogP contribution in [-0.4, -0.2) is 18.9 Å². The fourth-order valence-corrected chi connectivity index (χ4v) is 2.52. The van der Waals surface area contributed by atoms with Crippen molar-refractivity contribution in [1.29, 1.82) is 0 Å². The van der Waals surface area contributed by atoms with Crippen molar-refractivity contribution in [3.63, 3.8) is 0 Å². The first-order valence-electron chi connectivity index (χ1n) is 6.49. The Kier molecular flexibility index (Phi) is 3.67. The smallest absolute Gasteiger partial charge is 0.169 e. The molecule has 0 saturated carbocycles. The van der Waals surface area contributed by atoms with Gasteiger partial charge in [0.2, 0.25) is 0 Å². The fraction of sp³-hybridized carbons (Fsp3) is 0.533. The topological polar surface area (TPSA) is 20.3 Å². The summed E-state index contributed by atoms with van der Waals surface area (Å²) in [5.41, 5.74) is 1.37. The Morgan fingerprint density at radius 1 is 1.22 bits per heavy atom. The number of hydrogen-bond acceptors (Lipinski definition) is 2. The summed E-state index contributed by atoms with van der Waals surface area (Å²) in [4.78, 5) is 14.5. The van der Waals surface area contributed by atoms with Crippen molar-refractivity contribution in [2.75, 3.05) is 18.0 Å². The molecule has 1 aliphatic rings. The van der Waals surface area contributed by atoms with Gasteiger partial charge < -0.3 is 4.90 Å². The third kappa shape index (κ3) is 2.69. The molecule has 0 spiro atoms. The molecule has 1 saturated heterocycles. The standard InChI is InChI=1S/C15H20ClNO/c1-15(2,3)14(18)12-7-6-11(10-13(12)16)17-8-4-5-9-17/h6-7,10H,4-5,8-9H2,1-3H3. The lowest BCUT2D eigenvalue weighted by atomic mass is 9.86.